The summed E-state index contributed by atoms with van der Waals surface area (Å²) in [6.07, 6.45) is 0. The number of benzene rings is 2. The molecule has 0 aliphatic carbocycles. The molecule has 2 rings (SSSR count). The van der Waals surface area contributed by atoms with Crippen molar-refractivity contribution >= 4 is 23.2 Å². The fourth-order valence-corrected chi connectivity index (χ4v) is 2.20. The maximum Gasteiger partial charge on any atom is 0.241 e. The summed E-state index contributed by atoms with van der Waals surface area (Å²) < 4.78 is 13.7. The van der Waals surface area contributed by atoms with Gasteiger partial charge in [-0.25, -0.2) is 4.39 Å². The van der Waals surface area contributed by atoms with Gasteiger partial charge in [0.2, 0.25) is 5.91 Å². The SMILES string of the molecule is C[C@H](C(=O)Nc1ccc(Cl)cc1F)N(C)Cc1ccccc1. The molecule has 0 saturated carbocycles. The minimum atomic E-state index is -0.543. The molecule has 0 bridgehead atoms. The van der Waals surface area contributed by atoms with Gasteiger partial charge in [0.25, 0.3) is 0 Å². The van der Waals surface area contributed by atoms with Crippen LogP contribution in [0.4, 0.5) is 10.1 Å². The van der Waals surface area contributed by atoms with Crippen molar-refractivity contribution < 1.29 is 9.18 Å². The first kappa shape index (κ1) is 16.5. The average molecular weight is 321 g/mol. The number of carbonyl (C=O) groups is 1. The van der Waals surface area contributed by atoms with E-state index in [1.54, 1.807) is 13.0 Å². The number of carbonyl (C=O) groups excluding carboxylic acids is 1. The van der Waals surface area contributed by atoms with Gasteiger partial charge < -0.3 is 5.32 Å². The molecule has 22 heavy (non-hydrogen) atoms. The van der Waals surface area contributed by atoms with Gasteiger partial charge in [0.1, 0.15) is 5.82 Å². The molecule has 116 valence electrons. The molecule has 2 aromatic rings. The lowest BCUT2D eigenvalue weighted by Gasteiger charge is -2.24. The summed E-state index contributed by atoms with van der Waals surface area (Å²) >= 11 is 5.70. The van der Waals surface area contributed by atoms with Crippen molar-refractivity contribution in [2.75, 3.05) is 12.4 Å². The fraction of sp³-hybridized carbons (Fsp3) is 0.235. The van der Waals surface area contributed by atoms with E-state index in [2.05, 4.69) is 5.32 Å². The Balaban J connectivity index is 1.99. The Hall–Kier alpha value is -1.91. The van der Waals surface area contributed by atoms with E-state index in [1.165, 1.54) is 12.1 Å². The van der Waals surface area contributed by atoms with E-state index in [1.807, 2.05) is 42.3 Å². The van der Waals surface area contributed by atoms with Crippen LogP contribution in [0.2, 0.25) is 5.02 Å². The lowest BCUT2D eigenvalue weighted by molar-refractivity contribution is -0.120. The maximum atomic E-state index is 13.7. The summed E-state index contributed by atoms with van der Waals surface area (Å²) in [4.78, 5) is 14.1. The number of rotatable bonds is 5. The van der Waals surface area contributed by atoms with Crippen LogP contribution in [0.3, 0.4) is 0 Å². The Kier molecular flexibility index (Phi) is 5.52. The monoisotopic (exact) mass is 320 g/mol. The molecule has 5 heteroatoms. The molecule has 0 heterocycles. The van der Waals surface area contributed by atoms with Crippen LogP contribution >= 0.6 is 11.6 Å². The molecule has 0 radical (unpaired) electrons. The van der Waals surface area contributed by atoms with E-state index in [9.17, 15) is 9.18 Å². The highest BCUT2D eigenvalue weighted by Crippen LogP contribution is 2.19. The number of likely N-dealkylation sites (N-methyl/N-ethyl adjacent to an activating group) is 1. The van der Waals surface area contributed by atoms with Crippen molar-refractivity contribution in [2.45, 2.75) is 19.5 Å². The normalized spacial score (nSPS) is 12.2. The van der Waals surface area contributed by atoms with E-state index in [-0.39, 0.29) is 11.6 Å². The van der Waals surface area contributed by atoms with Gasteiger partial charge in [-0.15, -0.1) is 0 Å². The highest BCUT2D eigenvalue weighted by atomic mass is 35.5. The van der Waals surface area contributed by atoms with Crippen LogP contribution in [-0.4, -0.2) is 23.9 Å². The summed E-state index contributed by atoms with van der Waals surface area (Å²) in [7, 11) is 1.86. The number of nitrogens with zero attached hydrogens (tertiary/aromatic N) is 1. The molecular formula is C17H18ClFN2O. The van der Waals surface area contributed by atoms with Crippen molar-refractivity contribution in [1.82, 2.24) is 4.90 Å². The van der Waals surface area contributed by atoms with E-state index in [4.69, 9.17) is 11.6 Å². The summed E-state index contributed by atoms with van der Waals surface area (Å²) in [5.74, 6) is -0.807. The predicted octanol–water partition coefficient (Wildman–Crippen LogP) is 3.94. The highest BCUT2D eigenvalue weighted by Gasteiger charge is 2.19. The number of hydrogen-bond acceptors (Lipinski definition) is 2. The third kappa shape index (κ3) is 4.29. The maximum absolute atomic E-state index is 13.7. The quantitative estimate of drug-likeness (QED) is 0.905. The van der Waals surface area contributed by atoms with Crippen molar-refractivity contribution in [2.24, 2.45) is 0 Å². The lowest BCUT2D eigenvalue weighted by Crippen LogP contribution is -2.39. The molecule has 0 saturated heterocycles. The zero-order valence-electron chi connectivity index (χ0n) is 12.5. The van der Waals surface area contributed by atoms with Gasteiger partial charge >= 0.3 is 0 Å². The second-order valence-electron chi connectivity index (χ2n) is 5.19. The molecule has 3 nitrogen and oxygen atoms in total. The lowest BCUT2D eigenvalue weighted by atomic mass is 10.2. The number of hydrogen-bond donors (Lipinski definition) is 1. The fourth-order valence-electron chi connectivity index (χ4n) is 2.04. The summed E-state index contributed by atoms with van der Waals surface area (Å²) in [5, 5.41) is 2.89. The Morgan fingerprint density at radius 1 is 1.27 bits per heavy atom. The molecule has 2 aromatic carbocycles. The molecule has 0 aliphatic heterocycles. The van der Waals surface area contributed by atoms with Gasteiger partial charge in [0.15, 0.2) is 0 Å². The number of amides is 1. The van der Waals surface area contributed by atoms with Gasteiger partial charge in [-0.1, -0.05) is 41.9 Å². The largest absolute Gasteiger partial charge is 0.322 e. The molecule has 0 aliphatic rings. The van der Waals surface area contributed by atoms with Crippen molar-refractivity contribution in [3.63, 3.8) is 0 Å². The predicted molar refractivity (Wildman–Crippen MR) is 87.4 cm³/mol. The molecule has 1 N–H and O–H groups in total. The van der Waals surface area contributed by atoms with Gasteiger partial charge in [-0.05, 0) is 37.7 Å². The van der Waals surface area contributed by atoms with Gasteiger partial charge in [0.05, 0.1) is 11.7 Å². The Morgan fingerprint density at radius 3 is 2.59 bits per heavy atom. The molecule has 1 atom stereocenters. The number of anilines is 1. The molecule has 0 fully saturated rings. The van der Waals surface area contributed by atoms with Crippen LogP contribution in [0.1, 0.15) is 12.5 Å². The van der Waals surface area contributed by atoms with Crippen LogP contribution in [0.25, 0.3) is 0 Å². The summed E-state index contributed by atoms with van der Waals surface area (Å²) in [5.41, 5.74) is 1.25. The van der Waals surface area contributed by atoms with Crippen LogP contribution < -0.4 is 5.32 Å². The molecule has 0 spiro atoms. The average Bonchev–Trinajstić information content (AvgIpc) is 2.50. The second kappa shape index (κ2) is 7.38. The molecule has 0 aromatic heterocycles. The van der Waals surface area contributed by atoms with E-state index < -0.39 is 11.9 Å². The van der Waals surface area contributed by atoms with Crippen molar-refractivity contribution in [1.29, 1.82) is 0 Å². The van der Waals surface area contributed by atoms with E-state index in [0.717, 1.165) is 5.56 Å². The van der Waals surface area contributed by atoms with Crippen molar-refractivity contribution in [3.8, 4) is 0 Å². The third-order valence-electron chi connectivity index (χ3n) is 3.50. The second-order valence-corrected chi connectivity index (χ2v) is 5.63. The van der Waals surface area contributed by atoms with E-state index >= 15 is 0 Å². The van der Waals surface area contributed by atoms with Crippen LogP contribution in [0.5, 0.6) is 0 Å². The minimum Gasteiger partial charge on any atom is -0.322 e. The third-order valence-corrected chi connectivity index (χ3v) is 3.74. The first-order chi connectivity index (χ1) is 10.5. The van der Waals surface area contributed by atoms with Gasteiger partial charge in [-0.3, -0.25) is 9.69 Å². The highest BCUT2D eigenvalue weighted by molar-refractivity contribution is 6.30. The van der Waals surface area contributed by atoms with Crippen LogP contribution in [0.15, 0.2) is 48.5 Å². The zero-order chi connectivity index (χ0) is 16.1. The Bertz CT molecular complexity index is 648. The first-order valence-corrected chi connectivity index (χ1v) is 7.35. The van der Waals surface area contributed by atoms with Crippen molar-refractivity contribution in [3.05, 3.63) is 64.9 Å². The minimum absolute atomic E-state index is 0.134. The summed E-state index contributed by atoms with van der Waals surface area (Å²) in [6.45, 7) is 2.42. The zero-order valence-corrected chi connectivity index (χ0v) is 13.3. The van der Waals surface area contributed by atoms with Crippen LogP contribution in [-0.2, 0) is 11.3 Å². The Morgan fingerprint density at radius 2 is 1.95 bits per heavy atom. The molecule has 1 amide bonds. The van der Waals surface area contributed by atoms with Gasteiger partial charge in [0, 0.05) is 11.6 Å². The molecule has 0 unspecified atom stereocenters. The van der Waals surface area contributed by atoms with Crippen LogP contribution in [0, 0.1) is 5.82 Å². The molecular weight excluding hydrogens is 303 g/mol. The first-order valence-electron chi connectivity index (χ1n) is 6.97. The smallest absolute Gasteiger partial charge is 0.241 e. The summed E-state index contributed by atoms with van der Waals surface area (Å²) in [6, 6.07) is 13.6. The number of halogens is 2. The van der Waals surface area contributed by atoms with E-state index in [0.29, 0.717) is 11.6 Å². The standard InChI is InChI=1S/C17H18ClFN2O/c1-12(21(2)11-13-6-4-3-5-7-13)17(22)20-16-9-8-14(18)10-15(16)19/h3-10,12H,11H2,1-2H3,(H,20,22)/t12-/m1/s1. The topological polar surface area (TPSA) is 32.3 Å². The Labute approximate surface area is 134 Å². The van der Waals surface area contributed by atoms with Gasteiger partial charge in [-0.2, -0.15) is 0 Å². The number of nitrogens with one attached hydrogen (secondary N) is 1.